The number of hydrogen-bond acceptors (Lipinski definition) is 3. The van der Waals surface area contributed by atoms with Crippen molar-refractivity contribution in [3.8, 4) is 0 Å². The van der Waals surface area contributed by atoms with E-state index in [4.69, 9.17) is 11.6 Å². The van der Waals surface area contributed by atoms with Crippen molar-refractivity contribution in [2.45, 2.75) is 6.54 Å². The summed E-state index contributed by atoms with van der Waals surface area (Å²) in [4.78, 5) is 4.58. The molecule has 0 atom stereocenters. The highest BCUT2D eigenvalue weighted by Crippen LogP contribution is 2.26. The molecule has 0 radical (unpaired) electrons. The van der Waals surface area contributed by atoms with Gasteiger partial charge in [-0.2, -0.15) is 5.10 Å². The van der Waals surface area contributed by atoms with E-state index in [0.29, 0.717) is 5.02 Å². The Hall–Kier alpha value is -2.43. The van der Waals surface area contributed by atoms with Crippen LogP contribution in [-0.4, -0.2) is 14.8 Å². The fourth-order valence-electron chi connectivity index (χ4n) is 2.48. The Morgan fingerprint density at radius 3 is 2.83 bits per heavy atom. The average Bonchev–Trinajstić information content (AvgIpc) is 3.20. The van der Waals surface area contributed by atoms with Crippen LogP contribution in [0.1, 0.15) is 16.1 Å². The highest BCUT2D eigenvalue weighted by Gasteiger charge is 2.02. The van der Waals surface area contributed by atoms with Gasteiger partial charge in [0.2, 0.25) is 0 Å². The Bertz CT molecular complexity index is 1000. The van der Waals surface area contributed by atoms with Gasteiger partial charge in [0.1, 0.15) is 5.01 Å². The lowest BCUT2D eigenvalue weighted by atomic mass is 10.2. The van der Waals surface area contributed by atoms with E-state index in [0.717, 1.165) is 27.3 Å². The second-order valence-corrected chi connectivity index (χ2v) is 6.95. The predicted octanol–water partition coefficient (Wildman–Crippen LogP) is 5.36. The minimum atomic E-state index is 0.713. The molecule has 2 aromatic heterocycles. The molecule has 2 aromatic carbocycles. The second kappa shape index (κ2) is 6.59. The van der Waals surface area contributed by atoms with Crippen molar-refractivity contribution < 1.29 is 0 Å². The van der Waals surface area contributed by atoms with E-state index in [1.165, 1.54) is 5.56 Å². The lowest BCUT2D eigenvalue weighted by Crippen LogP contribution is -1.99. The Morgan fingerprint density at radius 2 is 1.96 bits per heavy atom. The Labute approximate surface area is 148 Å². The predicted molar refractivity (Wildman–Crippen MR) is 101 cm³/mol. The maximum absolute atomic E-state index is 6.01. The average molecular weight is 352 g/mol. The van der Waals surface area contributed by atoms with E-state index in [-0.39, 0.29) is 0 Å². The summed E-state index contributed by atoms with van der Waals surface area (Å²) in [6, 6.07) is 16.1. The molecule has 0 amide bonds. The third kappa shape index (κ3) is 3.40. The van der Waals surface area contributed by atoms with Gasteiger partial charge in [0.15, 0.2) is 0 Å². The van der Waals surface area contributed by atoms with Gasteiger partial charge < -0.3 is 0 Å². The first-order chi connectivity index (χ1) is 11.8. The van der Waals surface area contributed by atoms with E-state index < -0.39 is 0 Å². The van der Waals surface area contributed by atoms with Crippen LogP contribution in [0.4, 0.5) is 0 Å². The van der Waals surface area contributed by atoms with Crippen LogP contribution in [0.2, 0.25) is 5.02 Å². The van der Waals surface area contributed by atoms with Gasteiger partial charge >= 0.3 is 0 Å². The first-order valence-corrected chi connectivity index (χ1v) is 8.76. The summed E-state index contributed by atoms with van der Waals surface area (Å²) >= 11 is 7.66. The van der Waals surface area contributed by atoms with Crippen LogP contribution in [0.3, 0.4) is 0 Å². The molecular weight excluding hydrogens is 338 g/mol. The summed E-state index contributed by atoms with van der Waals surface area (Å²) in [5, 5.41) is 6.08. The molecule has 0 fully saturated rings. The third-order valence-electron chi connectivity index (χ3n) is 3.63. The highest BCUT2D eigenvalue weighted by molar-refractivity contribution is 7.19. The summed E-state index contributed by atoms with van der Waals surface area (Å²) < 4.78 is 3.08. The molecule has 3 nitrogen and oxygen atoms in total. The van der Waals surface area contributed by atoms with Gasteiger partial charge in [-0.05, 0) is 35.9 Å². The molecule has 5 heteroatoms. The minimum absolute atomic E-state index is 0.713. The summed E-state index contributed by atoms with van der Waals surface area (Å²) in [6.45, 7) is 0.772. The van der Waals surface area contributed by atoms with Crippen molar-refractivity contribution in [1.29, 1.82) is 0 Å². The van der Waals surface area contributed by atoms with E-state index in [1.807, 2.05) is 65.6 Å². The smallest absolute Gasteiger partial charge is 0.117 e. The first-order valence-electron chi connectivity index (χ1n) is 7.57. The molecule has 0 aliphatic carbocycles. The molecule has 4 aromatic rings. The largest absolute Gasteiger partial charge is 0.268 e. The van der Waals surface area contributed by atoms with Crippen LogP contribution in [0.25, 0.3) is 22.4 Å². The lowest BCUT2D eigenvalue weighted by molar-refractivity contribution is 0.687. The first kappa shape index (κ1) is 15.1. The molecule has 0 saturated carbocycles. The summed E-state index contributed by atoms with van der Waals surface area (Å²) in [6.07, 6.45) is 7.95. The van der Waals surface area contributed by atoms with Gasteiger partial charge in [0.05, 0.1) is 23.0 Å². The van der Waals surface area contributed by atoms with Crippen molar-refractivity contribution in [1.82, 2.24) is 14.8 Å². The Morgan fingerprint density at radius 1 is 1.08 bits per heavy atom. The maximum atomic E-state index is 6.01. The van der Waals surface area contributed by atoms with E-state index >= 15 is 0 Å². The molecule has 0 aliphatic rings. The molecule has 0 bridgehead atoms. The van der Waals surface area contributed by atoms with Crippen LogP contribution >= 0.6 is 22.9 Å². The zero-order valence-electron chi connectivity index (χ0n) is 12.8. The number of nitrogens with zero attached hydrogens (tertiary/aromatic N) is 3. The molecule has 0 aliphatic heterocycles. The fraction of sp³-hybridized carbons (Fsp3) is 0.0526. The van der Waals surface area contributed by atoms with E-state index in [9.17, 15) is 0 Å². The van der Waals surface area contributed by atoms with E-state index in [2.05, 4.69) is 22.2 Å². The van der Waals surface area contributed by atoms with Crippen molar-refractivity contribution in [2.75, 3.05) is 0 Å². The topological polar surface area (TPSA) is 30.7 Å². The molecule has 4 rings (SSSR count). The number of hydrogen-bond donors (Lipinski definition) is 0. The van der Waals surface area contributed by atoms with Gasteiger partial charge in [0.25, 0.3) is 0 Å². The quantitative estimate of drug-likeness (QED) is 0.495. The minimum Gasteiger partial charge on any atom is -0.268 e. The van der Waals surface area contributed by atoms with Gasteiger partial charge in [-0.15, -0.1) is 11.3 Å². The number of benzene rings is 2. The molecule has 2 heterocycles. The molecule has 0 N–H and O–H groups in total. The van der Waals surface area contributed by atoms with Crippen molar-refractivity contribution in [3.63, 3.8) is 0 Å². The molecule has 0 saturated heterocycles. The second-order valence-electron chi connectivity index (χ2n) is 5.45. The summed E-state index contributed by atoms with van der Waals surface area (Å²) in [7, 11) is 0. The van der Waals surface area contributed by atoms with Crippen LogP contribution < -0.4 is 0 Å². The van der Waals surface area contributed by atoms with Gasteiger partial charge in [-0.3, -0.25) is 4.68 Å². The number of fused-ring (bicyclic) bond motifs is 1. The monoisotopic (exact) mass is 351 g/mol. The highest BCUT2D eigenvalue weighted by atomic mass is 35.5. The zero-order valence-corrected chi connectivity index (χ0v) is 14.3. The van der Waals surface area contributed by atoms with Crippen LogP contribution in [0.15, 0.2) is 60.9 Å². The fourth-order valence-corrected chi connectivity index (χ4v) is 3.50. The molecular formula is C19H14ClN3S. The number of thiazole rings is 1. The van der Waals surface area contributed by atoms with Crippen molar-refractivity contribution >= 4 is 45.3 Å². The molecule has 24 heavy (non-hydrogen) atoms. The summed E-state index contributed by atoms with van der Waals surface area (Å²) in [5.41, 5.74) is 3.23. The number of halogens is 1. The third-order valence-corrected chi connectivity index (χ3v) is 4.86. The zero-order chi connectivity index (χ0) is 16.4. The van der Waals surface area contributed by atoms with Gasteiger partial charge in [-0.1, -0.05) is 41.9 Å². The number of rotatable bonds is 4. The Balaban J connectivity index is 1.51. The van der Waals surface area contributed by atoms with Gasteiger partial charge in [-0.25, -0.2) is 4.98 Å². The lowest BCUT2D eigenvalue weighted by Gasteiger charge is -2.00. The standard InChI is InChI=1S/C19H14ClN3S/c20-16-7-8-18-17(10-16)22-19(24-18)9-6-15-11-21-23(13-15)12-14-4-2-1-3-5-14/h1-11,13H,12H2/b9-6+. The molecule has 0 unspecified atom stereocenters. The maximum Gasteiger partial charge on any atom is 0.117 e. The SMILES string of the molecule is Clc1ccc2sc(/C=C/c3cnn(Cc4ccccc4)c3)nc2c1. The van der Waals surface area contributed by atoms with Gasteiger partial charge in [0, 0.05) is 16.8 Å². The van der Waals surface area contributed by atoms with Crippen LogP contribution in [-0.2, 0) is 6.54 Å². The Kier molecular flexibility index (Phi) is 4.15. The van der Waals surface area contributed by atoms with Crippen molar-refractivity contribution in [3.05, 3.63) is 82.1 Å². The molecule has 118 valence electrons. The summed E-state index contributed by atoms with van der Waals surface area (Å²) in [5.74, 6) is 0. The normalized spacial score (nSPS) is 11.5. The van der Waals surface area contributed by atoms with Crippen LogP contribution in [0, 0.1) is 0 Å². The van der Waals surface area contributed by atoms with Crippen molar-refractivity contribution in [2.24, 2.45) is 0 Å². The van der Waals surface area contributed by atoms with Crippen LogP contribution in [0.5, 0.6) is 0 Å². The molecule has 0 spiro atoms. The van der Waals surface area contributed by atoms with E-state index in [1.54, 1.807) is 11.3 Å². The number of aromatic nitrogens is 3.